The van der Waals surface area contributed by atoms with E-state index in [2.05, 4.69) is 0 Å². The zero-order valence-corrected chi connectivity index (χ0v) is 13.1. The van der Waals surface area contributed by atoms with Crippen LogP contribution < -0.4 is 23.7 Å². The molecule has 3 aliphatic heterocycles. The maximum Gasteiger partial charge on any atom is 0.231 e. The lowest BCUT2D eigenvalue weighted by molar-refractivity contribution is 0.0506. The molecule has 0 amide bonds. The van der Waals surface area contributed by atoms with E-state index in [4.69, 9.17) is 28.4 Å². The summed E-state index contributed by atoms with van der Waals surface area (Å²) in [5, 5.41) is 0. The molecule has 2 atom stereocenters. The van der Waals surface area contributed by atoms with Gasteiger partial charge in [-0.2, -0.15) is 0 Å². The van der Waals surface area contributed by atoms with Crippen molar-refractivity contribution in [3.05, 3.63) is 41.5 Å². The van der Waals surface area contributed by atoms with Crippen LogP contribution in [0.25, 0.3) is 0 Å². The Morgan fingerprint density at radius 3 is 2.71 bits per heavy atom. The molecule has 2 aromatic carbocycles. The van der Waals surface area contributed by atoms with E-state index in [1.165, 1.54) is 0 Å². The van der Waals surface area contributed by atoms with E-state index in [1.807, 2.05) is 30.3 Å². The molecule has 0 radical (unpaired) electrons. The fraction of sp³-hybridized carbons (Fsp3) is 0.333. The number of rotatable bonds is 3. The molecule has 0 unspecified atom stereocenters. The van der Waals surface area contributed by atoms with E-state index < -0.39 is 0 Å². The Labute approximate surface area is 138 Å². The van der Waals surface area contributed by atoms with Gasteiger partial charge in [0.25, 0.3) is 0 Å². The Morgan fingerprint density at radius 2 is 1.83 bits per heavy atom. The van der Waals surface area contributed by atoms with Crippen LogP contribution in [0.5, 0.6) is 28.7 Å². The third-order valence-electron chi connectivity index (χ3n) is 4.58. The largest absolute Gasteiger partial charge is 0.492 e. The van der Waals surface area contributed by atoms with Gasteiger partial charge in [0, 0.05) is 30.4 Å². The van der Waals surface area contributed by atoms with E-state index in [0.717, 1.165) is 34.1 Å². The summed E-state index contributed by atoms with van der Waals surface area (Å²) in [5.74, 6) is 3.99. The SMILES string of the molecule is COCOc1ccc2c(c1)OC[C@H]1c3cc4c(cc3O[C@@H]21)OCO4. The summed E-state index contributed by atoms with van der Waals surface area (Å²) < 4.78 is 33.5. The first-order valence-corrected chi connectivity index (χ1v) is 7.82. The van der Waals surface area contributed by atoms with Gasteiger partial charge in [-0.05, 0) is 18.2 Å². The predicted octanol–water partition coefficient (Wildman–Crippen LogP) is 3.01. The number of benzene rings is 2. The first-order chi connectivity index (χ1) is 11.8. The summed E-state index contributed by atoms with van der Waals surface area (Å²) in [6, 6.07) is 9.69. The fourth-order valence-electron chi connectivity index (χ4n) is 3.44. The fourth-order valence-corrected chi connectivity index (χ4v) is 3.44. The topological polar surface area (TPSA) is 55.4 Å². The highest BCUT2D eigenvalue weighted by molar-refractivity contribution is 5.57. The van der Waals surface area contributed by atoms with Gasteiger partial charge in [-0.1, -0.05) is 0 Å². The summed E-state index contributed by atoms with van der Waals surface area (Å²) in [6.45, 7) is 1.02. The molecule has 3 aliphatic rings. The minimum absolute atomic E-state index is 0.0669. The van der Waals surface area contributed by atoms with E-state index in [-0.39, 0.29) is 25.6 Å². The van der Waals surface area contributed by atoms with Gasteiger partial charge >= 0.3 is 0 Å². The van der Waals surface area contributed by atoms with Gasteiger partial charge in [-0.25, -0.2) is 0 Å². The zero-order valence-electron chi connectivity index (χ0n) is 13.1. The second-order valence-corrected chi connectivity index (χ2v) is 5.95. The van der Waals surface area contributed by atoms with Crippen LogP contribution in [0, 0.1) is 0 Å². The van der Waals surface area contributed by atoms with Crippen molar-refractivity contribution in [1.29, 1.82) is 0 Å². The highest BCUT2D eigenvalue weighted by Gasteiger charge is 2.42. The number of ether oxygens (including phenoxy) is 6. The minimum Gasteiger partial charge on any atom is -0.492 e. The predicted molar refractivity (Wildman–Crippen MR) is 83.1 cm³/mol. The Balaban J connectivity index is 1.48. The zero-order chi connectivity index (χ0) is 16.1. The second kappa shape index (κ2) is 5.21. The molecule has 0 bridgehead atoms. The molecule has 0 N–H and O–H groups in total. The number of fused-ring (bicyclic) bond motifs is 6. The summed E-state index contributed by atoms with van der Waals surface area (Å²) in [6.07, 6.45) is -0.0669. The third kappa shape index (κ3) is 1.99. The van der Waals surface area contributed by atoms with Gasteiger partial charge in [0.05, 0.1) is 12.5 Å². The molecule has 3 heterocycles. The molecule has 0 saturated heterocycles. The summed E-state index contributed by atoms with van der Waals surface area (Å²) in [4.78, 5) is 0. The van der Waals surface area contributed by atoms with E-state index in [0.29, 0.717) is 12.4 Å². The maximum atomic E-state index is 6.20. The van der Waals surface area contributed by atoms with Crippen LogP contribution in [0.4, 0.5) is 0 Å². The lowest BCUT2D eigenvalue weighted by atomic mass is 9.89. The van der Waals surface area contributed by atoms with Gasteiger partial charge in [0.2, 0.25) is 6.79 Å². The van der Waals surface area contributed by atoms with Crippen molar-refractivity contribution >= 4 is 0 Å². The minimum atomic E-state index is -0.0669. The molecule has 6 heteroatoms. The van der Waals surface area contributed by atoms with Crippen molar-refractivity contribution in [2.24, 2.45) is 0 Å². The average Bonchev–Trinajstić information content (AvgIpc) is 3.20. The summed E-state index contributed by atoms with van der Waals surface area (Å²) in [7, 11) is 1.59. The van der Waals surface area contributed by atoms with Crippen LogP contribution in [0.3, 0.4) is 0 Å². The highest BCUT2D eigenvalue weighted by atomic mass is 16.7. The van der Waals surface area contributed by atoms with Crippen LogP contribution in [-0.4, -0.2) is 27.3 Å². The van der Waals surface area contributed by atoms with Crippen molar-refractivity contribution in [2.45, 2.75) is 12.0 Å². The second-order valence-electron chi connectivity index (χ2n) is 5.95. The molecule has 124 valence electrons. The van der Waals surface area contributed by atoms with Crippen molar-refractivity contribution in [3.8, 4) is 28.7 Å². The molecule has 0 aromatic heterocycles. The average molecular weight is 328 g/mol. The standard InChI is InChI=1S/C18H16O6/c1-19-8-21-10-2-3-11-14(4-10)20-7-13-12-5-16-17(23-9-22-16)6-15(12)24-18(11)13/h2-6,13,18H,7-9H2,1H3/t13-,18-/m0/s1. The molecular weight excluding hydrogens is 312 g/mol. The van der Waals surface area contributed by atoms with Crippen LogP contribution >= 0.6 is 0 Å². The quantitative estimate of drug-likeness (QED) is 0.807. The van der Waals surface area contributed by atoms with E-state index in [9.17, 15) is 0 Å². The van der Waals surface area contributed by atoms with Gasteiger partial charge < -0.3 is 28.4 Å². The Hall–Kier alpha value is -2.60. The number of hydrogen-bond acceptors (Lipinski definition) is 6. The molecule has 6 nitrogen and oxygen atoms in total. The monoisotopic (exact) mass is 328 g/mol. The van der Waals surface area contributed by atoms with Crippen molar-refractivity contribution in [2.75, 3.05) is 27.3 Å². The van der Waals surface area contributed by atoms with Crippen molar-refractivity contribution in [1.82, 2.24) is 0 Å². The lowest BCUT2D eigenvalue weighted by Crippen LogP contribution is -2.23. The molecule has 0 saturated carbocycles. The Bertz CT molecular complexity index is 802. The summed E-state index contributed by atoms with van der Waals surface area (Å²) in [5.41, 5.74) is 2.13. The maximum absolute atomic E-state index is 6.20. The third-order valence-corrected chi connectivity index (χ3v) is 4.58. The lowest BCUT2D eigenvalue weighted by Gasteiger charge is -2.28. The molecule has 0 spiro atoms. The molecule has 24 heavy (non-hydrogen) atoms. The normalized spacial score (nSPS) is 22.0. The number of hydrogen-bond donors (Lipinski definition) is 0. The van der Waals surface area contributed by atoms with Crippen molar-refractivity contribution in [3.63, 3.8) is 0 Å². The van der Waals surface area contributed by atoms with Gasteiger partial charge in [0.15, 0.2) is 18.3 Å². The molecular formula is C18H16O6. The Kier molecular flexibility index (Phi) is 2.99. The first-order valence-electron chi connectivity index (χ1n) is 7.82. The molecule has 2 aromatic rings. The first kappa shape index (κ1) is 13.8. The molecule has 0 aliphatic carbocycles. The smallest absolute Gasteiger partial charge is 0.231 e. The van der Waals surface area contributed by atoms with Crippen molar-refractivity contribution < 1.29 is 28.4 Å². The van der Waals surface area contributed by atoms with Crippen LogP contribution in [0.15, 0.2) is 30.3 Å². The van der Waals surface area contributed by atoms with E-state index in [1.54, 1.807) is 7.11 Å². The van der Waals surface area contributed by atoms with Gasteiger partial charge in [0.1, 0.15) is 23.4 Å². The van der Waals surface area contributed by atoms with Gasteiger partial charge in [-0.3, -0.25) is 0 Å². The van der Waals surface area contributed by atoms with Crippen LogP contribution in [-0.2, 0) is 4.74 Å². The van der Waals surface area contributed by atoms with E-state index >= 15 is 0 Å². The highest BCUT2D eigenvalue weighted by Crippen LogP contribution is 2.54. The van der Waals surface area contributed by atoms with Gasteiger partial charge in [-0.15, -0.1) is 0 Å². The van der Waals surface area contributed by atoms with Crippen LogP contribution in [0.2, 0.25) is 0 Å². The summed E-state index contributed by atoms with van der Waals surface area (Å²) >= 11 is 0. The Morgan fingerprint density at radius 1 is 0.958 bits per heavy atom. The molecule has 5 rings (SSSR count). The van der Waals surface area contributed by atoms with Crippen LogP contribution in [0.1, 0.15) is 23.1 Å². The number of methoxy groups -OCH3 is 1. The molecule has 0 fully saturated rings.